The Bertz CT molecular complexity index is 1480. The minimum absolute atomic E-state index is 0.183. The second-order valence-corrected chi connectivity index (χ2v) is 9.39. The molecule has 36 heavy (non-hydrogen) atoms. The maximum absolute atomic E-state index is 12.3. The predicted octanol–water partition coefficient (Wildman–Crippen LogP) is 4.72. The minimum Gasteiger partial charge on any atom is -0.452 e. The lowest BCUT2D eigenvalue weighted by atomic mass is 10.2. The van der Waals surface area contributed by atoms with Gasteiger partial charge in [-0.15, -0.1) is 11.3 Å². The molecule has 1 N–H and O–H groups in total. The van der Waals surface area contributed by atoms with Crippen LogP contribution < -0.4 is 10.2 Å². The Kier molecular flexibility index (Phi) is 6.30. The van der Waals surface area contributed by atoms with Crippen molar-refractivity contribution in [2.75, 3.05) is 16.8 Å². The first-order valence-electron chi connectivity index (χ1n) is 11.3. The first-order valence-corrected chi connectivity index (χ1v) is 12.1. The van der Waals surface area contributed by atoms with E-state index in [2.05, 4.69) is 16.4 Å². The van der Waals surface area contributed by atoms with E-state index < -0.39 is 18.5 Å². The number of carbonyl (C=O) groups is 4. The van der Waals surface area contributed by atoms with Crippen molar-refractivity contribution in [2.45, 2.75) is 19.8 Å². The number of fused-ring (bicyclic) bond motifs is 1. The van der Waals surface area contributed by atoms with Crippen molar-refractivity contribution in [1.29, 1.82) is 0 Å². The van der Waals surface area contributed by atoms with Crippen LogP contribution in [0.2, 0.25) is 0 Å². The molecule has 0 atom stereocenters. The topological polar surface area (TPSA) is 106 Å². The molecule has 0 unspecified atom stereocenters. The molecule has 0 aliphatic carbocycles. The van der Waals surface area contributed by atoms with Gasteiger partial charge in [-0.2, -0.15) is 0 Å². The monoisotopic (exact) mass is 499 g/mol. The van der Waals surface area contributed by atoms with E-state index in [9.17, 15) is 19.2 Å². The summed E-state index contributed by atoms with van der Waals surface area (Å²) in [5.74, 6) is -1.70. The molecular weight excluding hydrogens is 478 g/mol. The Hall–Kier alpha value is -4.37. The number of esters is 1. The number of aryl methyl sites for hydroxylation is 1. The second kappa shape index (κ2) is 9.71. The van der Waals surface area contributed by atoms with Crippen LogP contribution in [0.4, 0.5) is 11.4 Å². The van der Waals surface area contributed by atoms with Crippen LogP contribution in [-0.2, 0) is 19.1 Å². The van der Waals surface area contributed by atoms with Crippen molar-refractivity contribution in [3.05, 3.63) is 77.9 Å². The average Bonchev–Trinajstić information content (AvgIpc) is 3.45. The highest BCUT2D eigenvalue weighted by Crippen LogP contribution is 2.31. The van der Waals surface area contributed by atoms with Crippen LogP contribution in [0.25, 0.3) is 20.8 Å². The van der Waals surface area contributed by atoms with Gasteiger partial charge >= 0.3 is 5.97 Å². The summed E-state index contributed by atoms with van der Waals surface area (Å²) >= 11 is 1.61. The molecule has 0 saturated carbocycles. The van der Waals surface area contributed by atoms with Crippen molar-refractivity contribution in [2.24, 2.45) is 0 Å². The van der Waals surface area contributed by atoms with Crippen LogP contribution in [0.3, 0.4) is 0 Å². The summed E-state index contributed by atoms with van der Waals surface area (Å²) < 4.78 is 6.22. The summed E-state index contributed by atoms with van der Waals surface area (Å²) in [5.41, 5.74) is 4.26. The van der Waals surface area contributed by atoms with E-state index in [0.29, 0.717) is 11.4 Å². The van der Waals surface area contributed by atoms with Gasteiger partial charge in [0.2, 0.25) is 11.8 Å². The molecule has 0 spiro atoms. The maximum Gasteiger partial charge on any atom is 0.338 e. The molecular formula is C27H21N3O5S. The van der Waals surface area contributed by atoms with E-state index in [4.69, 9.17) is 4.74 Å². The van der Waals surface area contributed by atoms with Gasteiger partial charge in [-0.3, -0.25) is 19.3 Å². The number of hydrogen-bond acceptors (Lipinski definition) is 7. The summed E-state index contributed by atoms with van der Waals surface area (Å²) in [4.78, 5) is 54.0. The first kappa shape index (κ1) is 23.4. The lowest BCUT2D eigenvalue weighted by molar-refractivity contribution is -0.121. The van der Waals surface area contributed by atoms with Gasteiger partial charge in [-0.05, 0) is 73.2 Å². The fourth-order valence-electron chi connectivity index (χ4n) is 3.87. The molecule has 3 amide bonds. The number of thiazole rings is 1. The quantitative estimate of drug-likeness (QED) is 0.304. The molecule has 0 radical (unpaired) electrons. The molecule has 1 fully saturated rings. The fraction of sp³-hybridized carbons (Fsp3) is 0.148. The number of hydrogen-bond donors (Lipinski definition) is 1. The third-order valence-electron chi connectivity index (χ3n) is 5.71. The molecule has 9 heteroatoms. The van der Waals surface area contributed by atoms with E-state index in [1.807, 2.05) is 31.2 Å². The molecule has 1 aromatic heterocycles. The molecule has 1 aliphatic heterocycles. The number of anilines is 2. The van der Waals surface area contributed by atoms with Gasteiger partial charge in [-0.25, -0.2) is 9.78 Å². The molecule has 8 nitrogen and oxygen atoms in total. The smallest absolute Gasteiger partial charge is 0.338 e. The van der Waals surface area contributed by atoms with Gasteiger partial charge in [0.15, 0.2) is 6.61 Å². The van der Waals surface area contributed by atoms with Crippen LogP contribution in [0.5, 0.6) is 0 Å². The highest BCUT2D eigenvalue weighted by Gasteiger charge is 2.30. The van der Waals surface area contributed by atoms with Crippen LogP contribution in [-0.4, -0.2) is 35.3 Å². The fourth-order valence-corrected chi connectivity index (χ4v) is 4.94. The van der Waals surface area contributed by atoms with Gasteiger partial charge in [0.25, 0.3) is 5.91 Å². The third-order valence-corrected chi connectivity index (χ3v) is 6.77. The van der Waals surface area contributed by atoms with E-state index in [-0.39, 0.29) is 30.2 Å². The SMILES string of the molecule is Cc1ccc2nc(-c3ccc(NC(=O)COC(=O)c4ccc(N5C(=O)CCC5=O)cc4)cc3)sc2c1. The molecule has 5 rings (SSSR count). The lowest BCUT2D eigenvalue weighted by Crippen LogP contribution is -2.28. The Morgan fingerprint density at radius 1 is 0.972 bits per heavy atom. The number of imide groups is 1. The summed E-state index contributed by atoms with van der Waals surface area (Å²) in [6.45, 7) is 1.59. The van der Waals surface area contributed by atoms with E-state index >= 15 is 0 Å². The molecule has 3 aromatic carbocycles. The number of aromatic nitrogens is 1. The van der Waals surface area contributed by atoms with E-state index in [1.165, 1.54) is 29.8 Å². The van der Waals surface area contributed by atoms with E-state index in [1.54, 1.807) is 23.5 Å². The number of amides is 3. The zero-order valence-electron chi connectivity index (χ0n) is 19.3. The van der Waals surface area contributed by atoms with Gasteiger partial charge in [0.1, 0.15) is 5.01 Å². The minimum atomic E-state index is -0.683. The molecule has 1 aliphatic rings. The van der Waals surface area contributed by atoms with Gasteiger partial charge in [0.05, 0.1) is 21.5 Å². The molecule has 2 heterocycles. The lowest BCUT2D eigenvalue weighted by Gasteiger charge is -2.14. The normalized spacial score (nSPS) is 13.3. The van der Waals surface area contributed by atoms with Crippen molar-refractivity contribution in [1.82, 2.24) is 4.98 Å². The maximum atomic E-state index is 12.3. The largest absolute Gasteiger partial charge is 0.452 e. The van der Waals surface area contributed by atoms with Gasteiger partial charge in [0, 0.05) is 24.1 Å². The van der Waals surface area contributed by atoms with Crippen LogP contribution in [0.1, 0.15) is 28.8 Å². The number of benzene rings is 3. The zero-order valence-corrected chi connectivity index (χ0v) is 20.1. The van der Waals surface area contributed by atoms with Crippen LogP contribution in [0.15, 0.2) is 66.7 Å². The number of carbonyl (C=O) groups excluding carboxylic acids is 4. The van der Waals surface area contributed by atoms with Crippen molar-refractivity contribution in [3.63, 3.8) is 0 Å². The Morgan fingerprint density at radius 2 is 1.67 bits per heavy atom. The number of ether oxygens (including phenoxy) is 1. The van der Waals surface area contributed by atoms with Crippen molar-refractivity contribution >= 4 is 56.6 Å². The third kappa shape index (κ3) is 4.87. The molecule has 1 saturated heterocycles. The number of nitrogens with zero attached hydrogens (tertiary/aromatic N) is 2. The zero-order chi connectivity index (χ0) is 25.2. The standard InChI is InChI=1S/C27H21N3O5S/c1-16-2-11-21-22(14-16)36-26(29-21)17-3-7-19(8-4-17)28-23(31)15-35-27(34)18-5-9-20(10-6-18)30-24(32)12-13-25(30)33/h2-11,14H,12-13,15H2,1H3,(H,28,31). The summed E-state index contributed by atoms with van der Waals surface area (Å²) in [7, 11) is 0. The van der Waals surface area contributed by atoms with E-state index in [0.717, 1.165) is 25.7 Å². The molecule has 0 bridgehead atoms. The summed E-state index contributed by atoms with van der Waals surface area (Å²) in [6.07, 6.45) is 0.365. The number of rotatable bonds is 6. The Balaban J connectivity index is 1.15. The average molecular weight is 500 g/mol. The number of nitrogens with one attached hydrogen (secondary N) is 1. The summed E-state index contributed by atoms with van der Waals surface area (Å²) in [5, 5.41) is 3.60. The van der Waals surface area contributed by atoms with Crippen molar-refractivity contribution in [3.8, 4) is 10.6 Å². The Morgan fingerprint density at radius 3 is 2.36 bits per heavy atom. The Labute approximate surface area is 210 Å². The predicted molar refractivity (Wildman–Crippen MR) is 137 cm³/mol. The molecule has 180 valence electrons. The van der Waals surface area contributed by atoms with Crippen molar-refractivity contribution < 1.29 is 23.9 Å². The van der Waals surface area contributed by atoms with Crippen LogP contribution in [0, 0.1) is 6.92 Å². The first-order chi connectivity index (χ1) is 17.4. The highest BCUT2D eigenvalue weighted by atomic mass is 32.1. The molecule has 4 aromatic rings. The summed E-state index contributed by atoms with van der Waals surface area (Å²) in [6, 6.07) is 19.4. The van der Waals surface area contributed by atoms with Gasteiger partial charge < -0.3 is 10.1 Å². The second-order valence-electron chi connectivity index (χ2n) is 8.36. The van der Waals surface area contributed by atoms with Crippen LogP contribution >= 0.6 is 11.3 Å². The van der Waals surface area contributed by atoms with Gasteiger partial charge in [-0.1, -0.05) is 6.07 Å². The highest BCUT2D eigenvalue weighted by molar-refractivity contribution is 7.21.